The van der Waals surface area contributed by atoms with Gasteiger partial charge in [0.2, 0.25) is 0 Å². The molecule has 0 aliphatic rings. The standard InChI is InChI=1S/C27H26N4O3S2/c1-35-11-7-24(27(33)34)30-25(32)22-14-19(13-21(16-22)20-5-3-2-4-6-20)15-23(26-29-9-12-36-26)17-31-10-8-28-18-31/h2-6,8-10,12-16,18,24H,7,11,17H2,1H3,(H,30,32)(H,33,34)/t24-/m0/s1. The van der Waals surface area contributed by atoms with Crippen molar-refractivity contribution >= 4 is 46.6 Å². The lowest BCUT2D eigenvalue weighted by Crippen LogP contribution is -2.41. The van der Waals surface area contributed by atoms with Crippen molar-refractivity contribution in [1.29, 1.82) is 0 Å². The second kappa shape index (κ2) is 12.3. The predicted octanol–water partition coefficient (Wildman–Crippen LogP) is 5.18. The van der Waals surface area contributed by atoms with E-state index in [1.807, 2.05) is 64.9 Å². The third-order valence-corrected chi connectivity index (χ3v) is 6.99. The average molecular weight is 519 g/mol. The Kier molecular flexibility index (Phi) is 8.70. The minimum absolute atomic E-state index is 0.354. The molecule has 2 aromatic carbocycles. The van der Waals surface area contributed by atoms with E-state index >= 15 is 0 Å². The van der Waals surface area contributed by atoms with Gasteiger partial charge in [-0.3, -0.25) is 4.79 Å². The fourth-order valence-corrected chi connectivity index (χ4v) is 4.85. The number of nitrogens with one attached hydrogen (secondary N) is 1. The number of aromatic nitrogens is 3. The number of carboxylic acids is 1. The minimum Gasteiger partial charge on any atom is -0.480 e. The van der Waals surface area contributed by atoms with Crippen LogP contribution in [0.2, 0.25) is 0 Å². The summed E-state index contributed by atoms with van der Waals surface area (Å²) in [6.07, 6.45) is 11.4. The summed E-state index contributed by atoms with van der Waals surface area (Å²) < 4.78 is 1.96. The molecule has 0 aliphatic heterocycles. The number of benzene rings is 2. The molecule has 0 spiro atoms. The highest BCUT2D eigenvalue weighted by molar-refractivity contribution is 7.98. The van der Waals surface area contributed by atoms with Crippen LogP contribution in [0, 0.1) is 0 Å². The minimum atomic E-state index is -1.04. The zero-order valence-corrected chi connectivity index (χ0v) is 21.3. The predicted molar refractivity (Wildman–Crippen MR) is 146 cm³/mol. The highest BCUT2D eigenvalue weighted by Gasteiger charge is 2.21. The molecule has 0 saturated carbocycles. The van der Waals surface area contributed by atoms with Crippen LogP contribution >= 0.6 is 23.1 Å². The monoisotopic (exact) mass is 518 g/mol. The van der Waals surface area contributed by atoms with Crippen molar-refractivity contribution in [3.8, 4) is 11.1 Å². The van der Waals surface area contributed by atoms with Crippen LogP contribution in [0.25, 0.3) is 22.8 Å². The van der Waals surface area contributed by atoms with Gasteiger partial charge in [-0.1, -0.05) is 30.3 Å². The van der Waals surface area contributed by atoms with E-state index in [1.165, 1.54) is 0 Å². The number of thioether (sulfide) groups is 1. The van der Waals surface area contributed by atoms with E-state index in [2.05, 4.69) is 15.3 Å². The average Bonchev–Trinajstić information content (AvgIpc) is 3.61. The molecule has 0 fully saturated rings. The van der Waals surface area contributed by atoms with E-state index in [4.69, 9.17) is 0 Å². The molecule has 184 valence electrons. The van der Waals surface area contributed by atoms with Crippen molar-refractivity contribution < 1.29 is 14.7 Å². The first-order valence-corrected chi connectivity index (χ1v) is 13.6. The summed E-state index contributed by atoms with van der Waals surface area (Å²) in [5.74, 6) is -0.815. The molecule has 2 aromatic heterocycles. The topological polar surface area (TPSA) is 97.1 Å². The van der Waals surface area contributed by atoms with Gasteiger partial charge in [0.25, 0.3) is 5.91 Å². The zero-order chi connectivity index (χ0) is 25.3. The largest absolute Gasteiger partial charge is 0.480 e. The molecular weight excluding hydrogens is 492 g/mol. The summed E-state index contributed by atoms with van der Waals surface area (Å²) in [6.45, 7) is 0.570. The molecule has 2 N–H and O–H groups in total. The second-order valence-corrected chi connectivity index (χ2v) is 9.98. The lowest BCUT2D eigenvalue weighted by atomic mass is 9.98. The first-order valence-electron chi connectivity index (χ1n) is 11.3. The number of imidazole rings is 1. The summed E-state index contributed by atoms with van der Waals surface area (Å²) in [7, 11) is 0. The Morgan fingerprint density at radius 3 is 2.67 bits per heavy atom. The van der Waals surface area contributed by atoms with E-state index < -0.39 is 17.9 Å². The summed E-state index contributed by atoms with van der Waals surface area (Å²) in [6, 6.07) is 14.5. The van der Waals surface area contributed by atoms with Crippen molar-refractivity contribution in [1.82, 2.24) is 19.9 Å². The molecule has 0 aliphatic carbocycles. The molecule has 0 unspecified atom stereocenters. The maximum Gasteiger partial charge on any atom is 0.326 e. The first-order chi connectivity index (χ1) is 17.5. The Balaban J connectivity index is 1.74. The van der Waals surface area contributed by atoms with Gasteiger partial charge in [-0.05, 0) is 59.4 Å². The molecule has 0 bridgehead atoms. The molecule has 36 heavy (non-hydrogen) atoms. The fourth-order valence-electron chi connectivity index (χ4n) is 3.73. The van der Waals surface area contributed by atoms with E-state index in [0.717, 1.165) is 27.3 Å². The van der Waals surface area contributed by atoms with Gasteiger partial charge in [0.15, 0.2) is 0 Å². The smallest absolute Gasteiger partial charge is 0.326 e. The number of carbonyl (C=O) groups excluding carboxylic acids is 1. The van der Waals surface area contributed by atoms with Gasteiger partial charge in [0.05, 0.1) is 12.9 Å². The second-order valence-electron chi connectivity index (χ2n) is 8.10. The van der Waals surface area contributed by atoms with E-state index in [0.29, 0.717) is 24.3 Å². The Morgan fingerprint density at radius 2 is 2.00 bits per heavy atom. The molecule has 7 nitrogen and oxygen atoms in total. The zero-order valence-electron chi connectivity index (χ0n) is 19.7. The van der Waals surface area contributed by atoms with Gasteiger partial charge in [-0.2, -0.15) is 11.8 Å². The van der Waals surface area contributed by atoms with Crippen LogP contribution in [-0.4, -0.2) is 49.6 Å². The Bertz CT molecular complexity index is 1320. The number of thiazole rings is 1. The van der Waals surface area contributed by atoms with Crippen LogP contribution in [0.15, 0.2) is 78.8 Å². The normalized spacial score (nSPS) is 12.3. The number of nitrogens with zero attached hydrogens (tertiary/aromatic N) is 3. The molecule has 9 heteroatoms. The molecule has 4 rings (SSSR count). The van der Waals surface area contributed by atoms with Crippen LogP contribution in [0.1, 0.15) is 27.3 Å². The number of aliphatic carboxylic acids is 1. The van der Waals surface area contributed by atoms with Gasteiger partial charge >= 0.3 is 5.97 Å². The van der Waals surface area contributed by atoms with Gasteiger partial charge in [-0.25, -0.2) is 14.8 Å². The lowest BCUT2D eigenvalue weighted by Gasteiger charge is -2.15. The van der Waals surface area contributed by atoms with Crippen molar-refractivity contribution in [2.75, 3.05) is 12.0 Å². The molecule has 2 heterocycles. The molecule has 0 radical (unpaired) electrons. The maximum atomic E-state index is 13.2. The number of carboxylic acid groups (broad SMARTS) is 1. The molecule has 1 atom stereocenters. The number of rotatable bonds is 11. The Morgan fingerprint density at radius 1 is 1.17 bits per heavy atom. The van der Waals surface area contributed by atoms with Crippen LogP contribution in [0.4, 0.5) is 0 Å². The number of carbonyl (C=O) groups is 2. The SMILES string of the molecule is CSCC[C@H](NC(=O)c1cc(C=C(Cn2ccnc2)c2nccs2)cc(-c2ccccc2)c1)C(=O)O. The maximum absolute atomic E-state index is 13.2. The Hall–Kier alpha value is -3.69. The molecule has 1 amide bonds. The lowest BCUT2D eigenvalue weighted by molar-refractivity contribution is -0.139. The van der Waals surface area contributed by atoms with Crippen molar-refractivity contribution in [2.24, 2.45) is 0 Å². The third kappa shape index (κ3) is 6.71. The van der Waals surface area contributed by atoms with Gasteiger partial charge in [-0.15, -0.1) is 11.3 Å². The highest BCUT2D eigenvalue weighted by Crippen LogP contribution is 2.27. The molecule has 4 aromatic rings. The summed E-state index contributed by atoms with van der Waals surface area (Å²) in [4.78, 5) is 33.5. The first kappa shape index (κ1) is 25.4. The summed E-state index contributed by atoms with van der Waals surface area (Å²) in [5.41, 5.74) is 4.03. The van der Waals surface area contributed by atoms with Crippen LogP contribution in [0.5, 0.6) is 0 Å². The fraction of sp³-hybridized carbons (Fsp3) is 0.185. The highest BCUT2D eigenvalue weighted by atomic mass is 32.2. The number of hydrogen-bond donors (Lipinski definition) is 2. The van der Waals surface area contributed by atoms with E-state index in [9.17, 15) is 14.7 Å². The van der Waals surface area contributed by atoms with Gasteiger partial charge < -0.3 is 15.0 Å². The molecular formula is C27H26N4O3S2. The summed E-state index contributed by atoms with van der Waals surface area (Å²) >= 11 is 3.09. The van der Waals surface area contributed by atoms with Crippen LogP contribution in [0.3, 0.4) is 0 Å². The number of hydrogen-bond acceptors (Lipinski definition) is 6. The van der Waals surface area contributed by atoms with Gasteiger partial charge in [0.1, 0.15) is 11.0 Å². The number of allylic oxidation sites excluding steroid dienone is 1. The molecule has 0 saturated heterocycles. The van der Waals surface area contributed by atoms with Crippen LogP contribution < -0.4 is 5.32 Å². The van der Waals surface area contributed by atoms with E-state index in [-0.39, 0.29) is 0 Å². The Labute approximate surface area is 217 Å². The van der Waals surface area contributed by atoms with Crippen molar-refractivity contribution in [3.05, 3.63) is 95.0 Å². The third-order valence-electron chi connectivity index (χ3n) is 5.50. The van der Waals surface area contributed by atoms with Crippen molar-refractivity contribution in [3.63, 3.8) is 0 Å². The summed E-state index contributed by atoms with van der Waals surface area (Å²) in [5, 5.41) is 15.1. The quantitative estimate of drug-likeness (QED) is 0.284. The van der Waals surface area contributed by atoms with Crippen LogP contribution in [-0.2, 0) is 11.3 Å². The number of amides is 1. The van der Waals surface area contributed by atoms with Crippen molar-refractivity contribution in [2.45, 2.75) is 19.0 Å². The van der Waals surface area contributed by atoms with E-state index in [1.54, 1.807) is 54.0 Å². The van der Waals surface area contributed by atoms with Gasteiger partial charge in [0, 0.05) is 35.1 Å².